The van der Waals surface area contributed by atoms with E-state index in [2.05, 4.69) is 297 Å². The van der Waals surface area contributed by atoms with E-state index in [0.29, 0.717) is 5.41 Å². The molecular weight excluding hydrogens is 977 g/mol. The van der Waals surface area contributed by atoms with Gasteiger partial charge in [-0.05, 0) is 239 Å². The highest BCUT2D eigenvalue weighted by molar-refractivity contribution is 5.85. The smallest absolute Gasteiger partial charge is 0.0491 e. The van der Waals surface area contributed by atoms with Gasteiger partial charge < -0.3 is 9.80 Å². The van der Waals surface area contributed by atoms with Crippen molar-refractivity contribution in [3.63, 3.8) is 0 Å². The van der Waals surface area contributed by atoms with E-state index >= 15 is 0 Å². The minimum absolute atomic E-state index is 0.414. The van der Waals surface area contributed by atoms with Gasteiger partial charge in [0.05, 0.1) is 0 Å². The summed E-state index contributed by atoms with van der Waals surface area (Å²) >= 11 is 0. The third kappa shape index (κ3) is 9.99. The average Bonchev–Trinajstić information content (AvgIpc) is 3.68. The van der Waals surface area contributed by atoms with Crippen molar-refractivity contribution in [3.05, 3.63) is 289 Å². The molecule has 11 aromatic rings. The molecule has 0 saturated heterocycles. The standard InChI is InChI=1S/C79H68N2/c1-54-14-16-62(17-15-54)66-28-40-75(41-29-66)80(73-36-24-64(25-37-73)60-10-6-4-7-11-60)77-44-32-70(46-55(77)2)68-18-20-69(21-19-68)71-33-45-78(56(3)47-71)81(74-38-26-65(27-39-74)61-12-8-5-9-13-61)76-42-30-67(31-43-76)63-22-34-72(35-23-63)79-51-57-48-58(52-79)50-59(49-57)53-79/h4-47,57-59H,48-53H2,1-3H3. The summed E-state index contributed by atoms with van der Waals surface area (Å²) < 4.78 is 0. The van der Waals surface area contributed by atoms with E-state index < -0.39 is 0 Å². The fourth-order valence-electron chi connectivity index (χ4n) is 14.6. The second-order valence-electron chi connectivity index (χ2n) is 23.8. The summed E-state index contributed by atoms with van der Waals surface area (Å²) in [6.45, 7) is 6.62. The van der Waals surface area contributed by atoms with Crippen molar-refractivity contribution in [3.8, 4) is 66.8 Å². The number of anilines is 6. The lowest BCUT2D eigenvalue weighted by atomic mass is 9.48. The van der Waals surface area contributed by atoms with Crippen molar-refractivity contribution in [2.75, 3.05) is 9.80 Å². The summed E-state index contributed by atoms with van der Waals surface area (Å²) in [6, 6.07) is 98.9. The van der Waals surface area contributed by atoms with E-state index in [4.69, 9.17) is 0 Å². The fraction of sp³-hybridized carbons (Fsp3) is 0.165. The molecule has 394 valence electrons. The van der Waals surface area contributed by atoms with Crippen LogP contribution in [-0.2, 0) is 5.41 Å². The van der Waals surface area contributed by atoms with Crippen LogP contribution in [0.15, 0.2) is 267 Å². The van der Waals surface area contributed by atoms with Gasteiger partial charge >= 0.3 is 0 Å². The number of rotatable bonds is 13. The highest BCUT2D eigenvalue weighted by Crippen LogP contribution is 2.61. The fourth-order valence-corrected chi connectivity index (χ4v) is 14.6. The summed E-state index contributed by atoms with van der Waals surface area (Å²) in [6.07, 6.45) is 8.64. The van der Waals surface area contributed by atoms with Crippen molar-refractivity contribution >= 4 is 34.1 Å². The number of hydrogen-bond acceptors (Lipinski definition) is 2. The zero-order valence-corrected chi connectivity index (χ0v) is 46.8. The largest absolute Gasteiger partial charge is 0.310 e. The van der Waals surface area contributed by atoms with Gasteiger partial charge in [0.15, 0.2) is 0 Å². The minimum atomic E-state index is 0.414. The Hall–Kier alpha value is -8.98. The molecule has 11 aromatic carbocycles. The van der Waals surface area contributed by atoms with E-state index in [1.165, 1.54) is 122 Å². The lowest BCUT2D eigenvalue weighted by Gasteiger charge is -2.57. The van der Waals surface area contributed by atoms with Gasteiger partial charge in [-0.3, -0.25) is 0 Å². The molecule has 4 fully saturated rings. The monoisotopic (exact) mass is 1040 g/mol. The number of benzene rings is 11. The number of aryl methyl sites for hydroxylation is 3. The summed E-state index contributed by atoms with van der Waals surface area (Å²) in [5, 5.41) is 0. The van der Waals surface area contributed by atoms with Crippen LogP contribution < -0.4 is 9.80 Å². The van der Waals surface area contributed by atoms with Crippen molar-refractivity contribution in [1.82, 2.24) is 0 Å². The molecule has 0 spiro atoms. The molecule has 4 bridgehead atoms. The van der Waals surface area contributed by atoms with Crippen molar-refractivity contribution in [2.24, 2.45) is 17.8 Å². The molecule has 0 N–H and O–H groups in total. The average molecular weight is 1050 g/mol. The normalized spacial score (nSPS) is 17.9. The maximum absolute atomic E-state index is 2.47. The predicted octanol–water partition coefficient (Wildman–Crippen LogP) is 22.0. The van der Waals surface area contributed by atoms with Gasteiger partial charge in [0.25, 0.3) is 0 Å². The van der Waals surface area contributed by atoms with Crippen molar-refractivity contribution < 1.29 is 0 Å². The van der Waals surface area contributed by atoms with Gasteiger partial charge in [-0.1, -0.05) is 200 Å². The molecule has 4 saturated carbocycles. The number of hydrogen-bond donors (Lipinski definition) is 0. The molecule has 0 amide bonds. The first kappa shape index (κ1) is 50.3. The van der Waals surface area contributed by atoms with Gasteiger partial charge in [-0.25, -0.2) is 0 Å². The second-order valence-corrected chi connectivity index (χ2v) is 23.8. The van der Waals surface area contributed by atoms with Crippen molar-refractivity contribution in [2.45, 2.75) is 64.7 Å². The second kappa shape index (κ2) is 21.2. The van der Waals surface area contributed by atoms with E-state index in [9.17, 15) is 0 Å². The van der Waals surface area contributed by atoms with Crippen LogP contribution in [0.5, 0.6) is 0 Å². The van der Waals surface area contributed by atoms with E-state index in [0.717, 1.165) is 51.9 Å². The van der Waals surface area contributed by atoms with Crippen LogP contribution in [0, 0.1) is 38.5 Å². The maximum atomic E-state index is 2.47. The van der Waals surface area contributed by atoms with E-state index in [-0.39, 0.29) is 0 Å². The molecule has 15 rings (SSSR count). The summed E-state index contributed by atoms with van der Waals surface area (Å²) in [5.41, 5.74) is 27.1. The first-order valence-corrected chi connectivity index (χ1v) is 29.4. The Kier molecular flexibility index (Phi) is 13.2. The topological polar surface area (TPSA) is 6.48 Å². The third-order valence-corrected chi connectivity index (χ3v) is 18.4. The minimum Gasteiger partial charge on any atom is -0.310 e. The summed E-state index contributed by atoms with van der Waals surface area (Å²) in [7, 11) is 0. The SMILES string of the molecule is Cc1ccc(-c2ccc(N(c3ccc(-c4ccccc4)cc3)c3ccc(-c4ccc(-c5ccc(N(c6ccc(-c7ccccc7)cc6)c6ccc(-c7ccc(C89CC%10CC(CC(C%10)C8)C9)cc7)cc6)c(C)c5)cc4)cc3C)cc2)cc1. The predicted molar refractivity (Wildman–Crippen MR) is 342 cm³/mol. The Balaban J connectivity index is 0.734. The first-order valence-electron chi connectivity index (χ1n) is 29.4. The van der Waals surface area contributed by atoms with Gasteiger partial charge in [-0.2, -0.15) is 0 Å². The van der Waals surface area contributed by atoms with E-state index in [1.54, 1.807) is 5.56 Å². The Morgan fingerprint density at radius 1 is 0.272 bits per heavy atom. The van der Waals surface area contributed by atoms with E-state index in [1.807, 2.05) is 0 Å². The molecule has 0 unspecified atom stereocenters. The van der Waals surface area contributed by atoms with Gasteiger partial charge in [0, 0.05) is 34.1 Å². The quantitative estimate of drug-likeness (QED) is 0.114. The van der Waals surface area contributed by atoms with Gasteiger partial charge in [0.2, 0.25) is 0 Å². The van der Waals surface area contributed by atoms with Gasteiger partial charge in [-0.15, -0.1) is 0 Å². The highest BCUT2D eigenvalue weighted by atomic mass is 15.1. The molecule has 4 aliphatic carbocycles. The molecule has 2 heteroatoms. The van der Waals surface area contributed by atoms with Crippen LogP contribution in [0.4, 0.5) is 34.1 Å². The molecule has 0 heterocycles. The molecule has 0 aliphatic heterocycles. The van der Waals surface area contributed by atoms with Gasteiger partial charge in [0.1, 0.15) is 0 Å². The molecule has 0 atom stereocenters. The Labute approximate surface area is 479 Å². The molecule has 0 radical (unpaired) electrons. The van der Waals surface area contributed by atoms with Crippen LogP contribution in [0.25, 0.3) is 66.8 Å². The van der Waals surface area contributed by atoms with Crippen LogP contribution in [0.2, 0.25) is 0 Å². The lowest BCUT2D eigenvalue weighted by molar-refractivity contribution is -0.00518. The Morgan fingerprint density at radius 2 is 0.531 bits per heavy atom. The molecular formula is C79H68N2. The zero-order chi connectivity index (χ0) is 54.4. The van der Waals surface area contributed by atoms with Crippen LogP contribution in [0.3, 0.4) is 0 Å². The summed E-state index contributed by atoms with van der Waals surface area (Å²) in [4.78, 5) is 4.81. The zero-order valence-electron chi connectivity index (χ0n) is 46.8. The number of nitrogens with zero attached hydrogens (tertiary/aromatic N) is 2. The van der Waals surface area contributed by atoms with Crippen LogP contribution in [-0.4, -0.2) is 0 Å². The lowest BCUT2D eigenvalue weighted by Crippen LogP contribution is -2.48. The molecule has 81 heavy (non-hydrogen) atoms. The maximum Gasteiger partial charge on any atom is 0.0491 e. The highest BCUT2D eigenvalue weighted by Gasteiger charge is 2.51. The molecule has 0 aromatic heterocycles. The summed E-state index contributed by atoms with van der Waals surface area (Å²) in [5.74, 6) is 2.84. The molecule has 2 nitrogen and oxygen atoms in total. The molecule has 4 aliphatic rings. The van der Waals surface area contributed by atoms with Crippen molar-refractivity contribution in [1.29, 1.82) is 0 Å². The Morgan fingerprint density at radius 3 is 0.852 bits per heavy atom. The van der Waals surface area contributed by atoms with Crippen LogP contribution in [0.1, 0.15) is 60.8 Å². The Bertz CT molecular complexity index is 3940. The van der Waals surface area contributed by atoms with Crippen LogP contribution >= 0.6 is 0 Å². The first-order chi connectivity index (χ1) is 39.8. The third-order valence-electron chi connectivity index (χ3n) is 18.4.